The van der Waals surface area contributed by atoms with Crippen LogP contribution in [0.3, 0.4) is 0 Å². The number of halogens is 1. The van der Waals surface area contributed by atoms with Crippen LogP contribution in [0.1, 0.15) is 27.9 Å². The molecule has 1 amide bonds. The Morgan fingerprint density at radius 1 is 1.21 bits per heavy atom. The van der Waals surface area contributed by atoms with Gasteiger partial charge in [0.1, 0.15) is 17.7 Å². The molecule has 0 aliphatic carbocycles. The zero-order chi connectivity index (χ0) is 24.1. The largest absolute Gasteiger partial charge is 0.457 e. The monoisotopic (exact) mass is 461 g/mol. The molecule has 1 aromatic heterocycles. The third-order valence-electron chi connectivity index (χ3n) is 5.91. The van der Waals surface area contributed by atoms with Crippen molar-refractivity contribution >= 4 is 17.8 Å². The zero-order valence-corrected chi connectivity index (χ0v) is 19.2. The maximum atomic E-state index is 14.1. The molecule has 1 aliphatic heterocycles. The van der Waals surface area contributed by atoms with Crippen LogP contribution in [0.25, 0.3) is 11.3 Å². The van der Waals surface area contributed by atoms with Crippen molar-refractivity contribution in [2.75, 3.05) is 25.5 Å². The first-order valence-electron chi connectivity index (χ1n) is 11.2. The number of pyridine rings is 1. The highest BCUT2D eigenvalue weighted by Gasteiger charge is 2.26. The van der Waals surface area contributed by atoms with E-state index in [2.05, 4.69) is 20.9 Å². The van der Waals surface area contributed by atoms with Crippen LogP contribution in [-0.4, -0.2) is 49.5 Å². The van der Waals surface area contributed by atoms with Crippen molar-refractivity contribution < 1.29 is 13.9 Å². The van der Waals surface area contributed by atoms with Crippen LogP contribution in [0, 0.1) is 12.3 Å². The van der Waals surface area contributed by atoms with Crippen molar-refractivity contribution in [1.82, 2.24) is 15.6 Å². The van der Waals surface area contributed by atoms with Crippen LogP contribution in [0.15, 0.2) is 54.7 Å². The molecular formula is C26H28FN5O2. The van der Waals surface area contributed by atoms with Gasteiger partial charge in [0, 0.05) is 60.5 Å². The van der Waals surface area contributed by atoms with Gasteiger partial charge in [0.2, 0.25) is 0 Å². The topological polar surface area (TPSA) is 99.1 Å². The van der Waals surface area contributed by atoms with Gasteiger partial charge in [0.15, 0.2) is 0 Å². The smallest absolute Gasteiger partial charge is 0.251 e. The quantitative estimate of drug-likeness (QED) is 0.393. The van der Waals surface area contributed by atoms with E-state index in [0.717, 1.165) is 22.4 Å². The number of alkyl halides is 1. The van der Waals surface area contributed by atoms with Crippen LogP contribution in [0.5, 0.6) is 11.5 Å². The lowest BCUT2D eigenvalue weighted by Crippen LogP contribution is -2.50. The maximum absolute atomic E-state index is 14.1. The third-order valence-corrected chi connectivity index (χ3v) is 5.91. The Morgan fingerprint density at radius 3 is 2.76 bits per heavy atom. The summed E-state index contributed by atoms with van der Waals surface area (Å²) in [5.74, 6) is 0.991. The second-order valence-corrected chi connectivity index (χ2v) is 8.24. The molecule has 2 atom stereocenters. The molecule has 7 nitrogen and oxygen atoms in total. The molecule has 8 heteroatoms. The number of carbonyl (C=O) groups excluding carboxylic acids is 1. The zero-order valence-electron chi connectivity index (χ0n) is 19.2. The first kappa shape index (κ1) is 23.4. The maximum Gasteiger partial charge on any atom is 0.251 e. The number of carbonyl (C=O) groups is 1. The van der Waals surface area contributed by atoms with Gasteiger partial charge in [-0.2, -0.15) is 0 Å². The second-order valence-electron chi connectivity index (χ2n) is 8.24. The molecule has 2 heterocycles. The van der Waals surface area contributed by atoms with E-state index in [0.29, 0.717) is 35.7 Å². The van der Waals surface area contributed by atoms with Crippen molar-refractivity contribution in [3.8, 4) is 22.8 Å². The van der Waals surface area contributed by atoms with Gasteiger partial charge in [0.05, 0.1) is 11.7 Å². The molecule has 1 fully saturated rings. The van der Waals surface area contributed by atoms with E-state index in [9.17, 15) is 9.18 Å². The Labute approximate surface area is 198 Å². The number of anilines is 1. The Morgan fingerprint density at radius 2 is 2.03 bits per heavy atom. The number of hydrogen-bond acceptors (Lipinski definition) is 6. The molecule has 0 bridgehead atoms. The van der Waals surface area contributed by atoms with E-state index in [-0.39, 0.29) is 12.5 Å². The van der Waals surface area contributed by atoms with Gasteiger partial charge in [-0.05, 0) is 55.8 Å². The van der Waals surface area contributed by atoms with E-state index in [4.69, 9.17) is 10.1 Å². The van der Waals surface area contributed by atoms with Gasteiger partial charge in [-0.25, -0.2) is 4.39 Å². The molecule has 2 aromatic carbocycles. The number of hydrogen-bond donors (Lipinski definition) is 4. The summed E-state index contributed by atoms with van der Waals surface area (Å²) in [4.78, 5) is 17.2. The van der Waals surface area contributed by atoms with Crippen LogP contribution in [0.4, 0.5) is 10.1 Å². The number of aryl methyl sites for hydroxylation is 1. The molecule has 3 aromatic rings. The molecule has 1 saturated heterocycles. The summed E-state index contributed by atoms with van der Waals surface area (Å²) >= 11 is 0. The average molecular weight is 462 g/mol. The second kappa shape index (κ2) is 10.4. The van der Waals surface area contributed by atoms with Gasteiger partial charge in [-0.3, -0.25) is 9.78 Å². The summed E-state index contributed by atoms with van der Waals surface area (Å²) in [5, 5.41) is 16.4. The van der Waals surface area contributed by atoms with Crippen LogP contribution in [-0.2, 0) is 0 Å². The van der Waals surface area contributed by atoms with E-state index < -0.39 is 12.2 Å². The normalized spacial score (nSPS) is 17.6. The van der Waals surface area contributed by atoms with Crippen LogP contribution < -0.4 is 20.7 Å². The fourth-order valence-electron chi connectivity index (χ4n) is 4.02. The standard InChI is InChI=1S/C26H28FN5O2/c1-16-11-17(4-6-21(16)26(33)32-23-8-9-30-15-22(23)27)25-13-20(7-10-31-25)34-19-5-3-18(14-28)24(12-19)29-2/h3-7,10-14,22-23,28-30H,8-9,15H2,1-2H3,(H,32,33)/t22-,23+/m1/s1. The Bertz CT molecular complexity index is 1200. The van der Waals surface area contributed by atoms with Gasteiger partial charge >= 0.3 is 0 Å². The lowest BCUT2D eigenvalue weighted by atomic mass is 10.0. The number of aromatic nitrogens is 1. The summed E-state index contributed by atoms with van der Waals surface area (Å²) in [6.07, 6.45) is 2.44. The minimum atomic E-state index is -1.09. The molecule has 0 spiro atoms. The van der Waals surface area contributed by atoms with Gasteiger partial charge in [0.25, 0.3) is 5.91 Å². The highest BCUT2D eigenvalue weighted by molar-refractivity contribution is 5.96. The molecular weight excluding hydrogens is 433 g/mol. The molecule has 4 N–H and O–H groups in total. The molecule has 4 rings (SSSR count). The predicted molar refractivity (Wildman–Crippen MR) is 132 cm³/mol. The Kier molecular flexibility index (Phi) is 7.18. The summed E-state index contributed by atoms with van der Waals surface area (Å²) in [7, 11) is 1.80. The van der Waals surface area contributed by atoms with Crippen molar-refractivity contribution in [3.63, 3.8) is 0 Å². The minimum absolute atomic E-state index is 0.260. The molecule has 1 aliphatic rings. The predicted octanol–water partition coefficient (Wildman–Crippen LogP) is 4.32. The molecule has 0 unspecified atom stereocenters. The summed E-state index contributed by atoms with van der Waals surface area (Å²) < 4.78 is 20.1. The van der Waals surface area contributed by atoms with Crippen LogP contribution >= 0.6 is 0 Å². The van der Waals surface area contributed by atoms with Crippen molar-refractivity contribution in [2.24, 2.45) is 0 Å². The van der Waals surface area contributed by atoms with Crippen LogP contribution in [0.2, 0.25) is 0 Å². The van der Waals surface area contributed by atoms with Gasteiger partial charge < -0.3 is 26.1 Å². The Balaban J connectivity index is 1.50. The molecule has 34 heavy (non-hydrogen) atoms. The van der Waals surface area contributed by atoms with E-state index >= 15 is 0 Å². The van der Waals surface area contributed by atoms with E-state index in [1.54, 1.807) is 25.4 Å². The van der Waals surface area contributed by atoms with Crippen molar-refractivity contribution in [3.05, 3.63) is 71.4 Å². The third kappa shape index (κ3) is 5.23. The number of rotatable bonds is 7. The molecule has 176 valence electrons. The first-order valence-corrected chi connectivity index (χ1v) is 11.2. The number of nitrogens with zero attached hydrogens (tertiary/aromatic N) is 1. The summed E-state index contributed by atoms with van der Waals surface area (Å²) in [6.45, 7) is 2.81. The van der Waals surface area contributed by atoms with Gasteiger partial charge in [-0.15, -0.1) is 0 Å². The first-order chi connectivity index (χ1) is 16.5. The molecule has 0 saturated carbocycles. The number of benzene rings is 2. The highest BCUT2D eigenvalue weighted by Crippen LogP contribution is 2.29. The van der Waals surface area contributed by atoms with E-state index in [1.165, 1.54) is 6.21 Å². The number of nitrogens with one attached hydrogen (secondary N) is 4. The van der Waals surface area contributed by atoms with Crippen molar-refractivity contribution in [1.29, 1.82) is 5.41 Å². The number of piperidine rings is 1. The fraction of sp³-hybridized carbons (Fsp3) is 0.269. The minimum Gasteiger partial charge on any atom is -0.457 e. The van der Waals surface area contributed by atoms with Gasteiger partial charge in [-0.1, -0.05) is 6.07 Å². The summed E-state index contributed by atoms with van der Waals surface area (Å²) in [6, 6.07) is 14.1. The van der Waals surface area contributed by atoms with Crippen molar-refractivity contribution in [2.45, 2.75) is 25.6 Å². The average Bonchev–Trinajstić information content (AvgIpc) is 2.85. The fourth-order valence-corrected chi connectivity index (χ4v) is 4.02. The SMILES string of the molecule is CNc1cc(Oc2ccnc(-c3ccc(C(=O)N[C@H]4CCNC[C@H]4F)c(C)c3)c2)ccc1C=N. The molecule has 0 radical (unpaired) electrons. The highest BCUT2D eigenvalue weighted by atomic mass is 19.1. The lowest BCUT2D eigenvalue weighted by molar-refractivity contribution is 0.0891. The summed E-state index contributed by atoms with van der Waals surface area (Å²) in [5.41, 5.74) is 4.43. The number of ether oxygens (including phenoxy) is 1. The lowest BCUT2D eigenvalue weighted by Gasteiger charge is -2.27. The van der Waals surface area contributed by atoms with E-state index in [1.807, 2.05) is 43.3 Å². The Hall–Kier alpha value is -3.78. The number of amides is 1.